The molecule has 0 saturated carbocycles. The van der Waals surface area contributed by atoms with Gasteiger partial charge in [0.2, 0.25) is 0 Å². The maximum atomic E-state index is 12.0. The predicted molar refractivity (Wildman–Crippen MR) is 182 cm³/mol. The van der Waals surface area contributed by atoms with Gasteiger partial charge < -0.3 is 15.0 Å². The largest absolute Gasteiger partial charge is 0.497 e. The summed E-state index contributed by atoms with van der Waals surface area (Å²) in [7, 11) is -2.66. The summed E-state index contributed by atoms with van der Waals surface area (Å²) in [6.45, 7) is 12.1. The smallest absolute Gasteiger partial charge is 0.304 e. The number of fused-ring (bicyclic) bond motifs is 1. The van der Waals surface area contributed by atoms with E-state index >= 15 is 0 Å². The molecular formula is C34H37N5O5S2. The molecule has 4 aromatic heterocycles. The maximum absolute atomic E-state index is 12.0. The van der Waals surface area contributed by atoms with Gasteiger partial charge in [-0.1, -0.05) is 30.3 Å². The van der Waals surface area contributed by atoms with Crippen molar-refractivity contribution in [2.24, 2.45) is 0 Å². The van der Waals surface area contributed by atoms with Crippen molar-refractivity contribution >= 4 is 38.2 Å². The van der Waals surface area contributed by atoms with Gasteiger partial charge in [0, 0.05) is 38.3 Å². The van der Waals surface area contributed by atoms with Crippen molar-refractivity contribution in [2.75, 3.05) is 12.8 Å². The van der Waals surface area contributed by atoms with Crippen molar-refractivity contribution in [3.8, 4) is 28.1 Å². The summed E-state index contributed by atoms with van der Waals surface area (Å²) in [6.07, 6.45) is 0.823. The molecular weight excluding hydrogens is 623 g/mol. The Morgan fingerprint density at radius 2 is 1.72 bits per heavy atom. The van der Waals surface area contributed by atoms with Gasteiger partial charge in [0.1, 0.15) is 17.2 Å². The summed E-state index contributed by atoms with van der Waals surface area (Å²) >= 11 is 1.07. The third-order valence-electron chi connectivity index (χ3n) is 7.86. The molecule has 0 bridgehead atoms. The number of nitrogens with zero attached hydrogens (tertiary/aromatic N) is 4. The fourth-order valence-electron chi connectivity index (χ4n) is 5.30. The molecule has 10 nitrogen and oxygen atoms in total. The Kier molecular flexibility index (Phi) is 9.34. The van der Waals surface area contributed by atoms with Gasteiger partial charge in [-0.3, -0.25) is 14.2 Å². The third kappa shape index (κ3) is 6.69. The lowest BCUT2D eigenvalue weighted by atomic mass is 10.00. The maximum Gasteiger partial charge on any atom is 0.304 e. The number of aryl methyl sites for hydroxylation is 5. The average molecular weight is 660 g/mol. The number of hydrogen-bond donors (Lipinski definition) is 2. The van der Waals surface area contributed by atoms with E-state index in [4.69, 9.17) is 25.1 Å². The Morgan fingerprint density at radius 1 is 1.00 bits per heavy atom. The van der Waals surface area contributed by atoms with Crippen LogP contribution in [0.5, 0.6) is 5.75 Å². The number of benzene rings is 2. The van der Waals surface area contributed by atoms with E-state index in [0.29, 0.717) is 17.9 Å². The van der Waals surface area contributed by atoms with E-state index in [2.05, 4.69) is 18.1 Å². The van der Waals surface area contributed by atoms with Crippen molar-refractivity contribution in [1.82, 2.24) is 19.9 Å². The number of methoxy groups -OCH3 is 1. The molecule has 0 aliphatic rings. The van der Waals surface area contributed by atoms with Crippen LogP contribution in [0.1, 0.15) is 45.6 Å². The van der Waals surface area contributed by atoms with Crippen LogP contribution in [-0.4, -0.2) is 40.0 Å². The van der Waals surface area contributed by atoms with Crippen LogP contribution in [0, 0.1) is 34.6 Å². The van der Waals surface area contributed by atoms with Crippen molar-refractivity contribution < 1.29 is 22.2 Å². The molecule has 0 radical (unpaired) electrons. The lowest BCUT2D eigenvalue weighted by Gasteiger charge is -2.10. The molecule has 2 aromatic carbocycles. The molecule has 6 aromatic rings. The van der Waals surface area contributed by atoms with Crippen LogP contribution in [0.2, 0.25) is 0 Å². The molecule has 4 heterocycles. The molecule has 6 rings (SSSR count). The molecule has 0 saturated heterocycles. The first-order chi connectivity index (χ1) is 21.8. The van der Waals surface area contributed by atoms with E-state index < -0.39 is 10.1 Å². The van der Waals surface area contributed by atoms with Crippen molar-refractivity contribution in [3.05, 3.63) is 93.3 Å². The first-order valence-corrected chi connectivity index (χ1v) is 16.9. The lowest BCUT2D eigenvalue weighted by Crippen LogP contribution is -2.03. The lowest BCUT2D eigenvalue weighted by molar-refractivity contribution is 0.399. The normalized spacial score (nSPS) is 11.5. The van der Waals surface area contributed by atoms with Gasteiger partial charge >= 0.3 is 10.1 Å². The van der Waals surface area contributed by atoms with E-state index in [0.717, 1.165) is 89.9 Å². The summed E-state index contributed by atoms with van der Waals surface area (Å²) in [5.41, 5.74) is 14.4. The van der Waals surface area contributed by atoms with Gasteiger partial charge in [-0.15, -0.1) is 11.3 Å². The summed E-state index contributed by atoms with van der Waals surface area (Å²) in [5.74, 6) is 2.07. The van der Waals surface area contributed by atoms with Crippen LogP contribution in [0.3, 0.4) is 0 Å². The zero-order valence-electron chi connectivity index (χ0n) is 26.9. The highest BCUT2D eigenvalue weighted by molar-refractivity contribution is 7.88. The van der Waals surface area contributed by atoms with Gasteiger partial charge in [-0.05, 0) is 94.1 Å². The molecule has 3 N–H and O–H groups in total. The van der Waals surface area contributed by atoms with Crippen molar-refractivity contribution in [3.63, 3.8) is 0 Å². The van der Waals surface area contributed by atoms with Gasteiger partial charge in [0.05, 0.1) is 19.2 Å². The Morgan fingerprint density at radius 3 is 2.26 bits per heavy atom. The van der Waals surface area contributed by atoms with Crippen molar-refractivity contribution in [2.45, 2.75) is 58.7 Å². The number of aromatic nitrogens is 4. The highest BCUT2D eigenvalue weighted by atomic mass is 32.3. The van der Waals surface area contributed by atoms with Gasteiger partial charge in [0.25, 0.3) is 0 Å². The molecule has 12 heteroatoms. The number of ether oxygens (including phenoxy) is 1. The van der Waals surface area contributed by atoms with E-state index in [1.165, 1.54) is 0 Å². The molecule has 240 valence electrons. The Bertz CT molecular complexity index is 2130. The minimum absolute atomic E-state index is 0.0249. The van der Waals surface area contributed by atoms with E-state index in [1.54, 1.807) is 13.2 Å². The Balaban J connectivity index is 0.000000455. The van der Waals surface area contributed by atoms with Crippen LogP contribution in [-0.2, 0) is 23.1 Å². The second-order valence-electron chi connectivity index (χ2n) is 11.1. The van der Waals surface area contributed by atoms with E-state index in [1.807, 2.05) is 81.8 Å². The van der Waals surface area contributed by atoms with Crippen molar-refractivity contribution in [1.29, 1.82) is 0 Å². The standard InChI is InChI=1S/C29H29N3O4S2.C5H8N2O/c1-6-22-15-26-27(19(4)30-22)28(21-8-10-23(36-5)11-9-21)31-32(26)16-20-7-12-24(17(2)13-20)25-14-18(3)37-29(25)38(33,34)35;1-3-4(2)8-7-5(3)6/h7-15H,6,16H2,1-5H3,(H,33,34,35);1-2H3,(H2,6,7). The highest BCUT2D eigenvalue weighted by Gasteiger charge is 2.22. The summed E-state index contributed by atoms with van der Waals surface area (Å²) in [4.78, 5) is 5.62. The fraction of sp³-hybridized carbons (Fsp3) is 0.265. The Hall–Kier alpha value is -4.52. The number of hydrogen-bond acceptors (Lipinski definition) is 9. The minimum atomic E-state index is -4.31. The van der Waals surface area contributed by atoms with Crippen LogP contribution >= 0.6 is 11.3 Å². The molecule has 0 spiro atoms. The summed E-state index contributed by atoms with van der Waals surface area (Å²) < 4.78 is 45.7. The number of nitrogen functional groups attached to an aromatic ring is 1. The van der Waals surface area contributed by atoms with Gasteiger partial charge in [0.15, 0.2) is 10.0 Å². The number of thiophene rings is 1. The number of nitrogens with two attached hydrogens (primary N) is 1. The molecule has 0 aliphatic carbocycles. The van der Waals surface area contributed by atoms with Crippen LogP contribution in [0.15, 0.2) is 63.3 Å². The second kappa shape index (κ2) is 13.1. The first kappa shape index (κ1) is 32.9. The predicted octanol–water partition coefficient (Wildman–Crippen LogP) is 7.49. The molecule has 0 unspecified atom stereocenters. The van der Waals surface area contributed by atoms with Crippen LogP contribution in [0.4, 0.5) is 5.82 Å². The topological polar surface area (TPSA) is 146 Å². The number of anilines is 1. The van der Waals surface area contributed by atoms with Crippen LogP contribution < -0.4 is 10.5 Å². The molecule has 0 fully saturated rings. The van der Waals surface area contributed by atoms with E-state index in [9.17, 15) is 13.0 Å². The molecule has 0 aliphatic heterocycles. The second-order valence-corrected chi connectivity index (χ2v) is 14.0. The summed E-state index contributed by atoms with van der Waals surface area (Å²) in [6, 6.07) is 17.7. The first-order valence-electron chi connectivity index (χ1n) is 14.7. The monoisotopic (exact) mass is 659 g/mol. The molecule has 0 atom stereocenters. The quantitative estimate of drug-likeness (QED) is 0.166. The van der Waals surface area contributed by atoms with Gasteiger partial charge in [-0.25, -0.2) is 0 Å². The SMILES string of the molecule is CCc1cc2c(c(C)n1)c(-c1ccc(OC)cc1)nn2Cc1ccc(-c2cc(C)sc2S(=O)(=O)O)c(C)c1.Cc1onc(N)c1C. The summed E-state index contributed by atoms with van der Waals surface area (Å²) in [5, 5.41) is 9.57. The Labute approximate surface area is 272 Å². The third-order valence-corrected chi connectivity index (χ3v) is 10.3. The minimum Gasteiger partial charge on any atom is -0.497 e. The number of rotatable bonds is 7. The molecule has 0 amide bonds. The fourth-order valence-corrected chi connectivity index (χ4v) is 7.31. The molecule has 46 heavy (non-hydrogen) atoms. The van der Waals surface area contributed by atoms with Crippen LogP contribution in [0.25, 0.3) is 33.3 Å². The number of pyridine rings is 1. The average Bonchev–Trinajstić information content (AvgIpc) is 3.69. The van der Waals surface area contributed by atoms with Gasteiger partial charge in [-0.2, -0.15) is 13.5 Å². The highest BCUT2D eigenvalue weighted by Crippen LogP contribution is 2.37. The zero-order chi connectivity index (χ0) is 33.3. The van der Waals surface area contributed by atoms with E-state index in [-0.39, 0.29) is 4.21 Å². The zero-order valence-corrected chi connectivity index (χ0v) is 28.5.